The Bertz CT molecular complexity index is 69.0. The van der Waals surface area contributed by atoms with Crippen LogP contribution in [-0.4, -0.2) is 25.2 Å². The van der Waals surface area contributed by atoms with E-state index in [1.165, 1.54) is 0 Å². The quantitative estimate of drug-likeness (QED) is 0.587. The van der Waals surface area contributed by atoms with Gasteiger partial charge < -0.3 is 4.74 Å². The van der Waals surface area contributed by atoms with Gasteiger partial charge in [0, 0.05) is 5.33 Å². The summed E-state index contributed by atoms with van der Waals surface area (Å²) in [6.45, 7) is 0.891. The van der Waals surface area contributed by atoms with Gasteiger partial charge in [0.2, 0.25) is 0 Å². The lowest BCUT2D eigenvalue weighted by Gasteiger charge is -2.37. The minimum absolute atomic E-state index is 0.167. The summed E-state index contributed by atoms with van der Waals surface area (Å²) in [6, 6.07) is 0. The minimum Gasteiger partial charge on any atom is -0.380 e. The van der Waals surface area contributed by atoms with Gasteiger partial charge in [0.1, 0.15) is 6.67 Å². The van der Waals surface area contributed by atoms with Crippen molar-refractivity contribution in [3.8, 4) is 0 Å². The van der Waals surface area contributed by atoms with E-state index in [2.05, 4.69) is 15.9 Å². The van der Waals surface area contributed by atoms with Gasteiger partial charge in [-0.2, -0.15) is 0 Å². The van der Waals surface area contributed by atoms with Crippen molar-refractivity contribution in [2.75, 3.05) is 25.2 Å². The van der Waals surface area contributed by atoms with E-state index in [-0.39, 0.29) is 12.1 Å². The van der Waals surface area contributed by atoms with Gasteiger partial charge in [0.15, 0.2) is 0 Å². The molecule has 0 aromatic rings. The van der Waals surface area contributed by atoms with E-state index in [0.717, 1.165) is 5.33 Å². The zero-order valence-corrected chi connectivity index (χ0v) is 6.08. The van der Waals surface area contributed by atoms with Crippen LogP contribution >= 0.6 is 15.9 Å². The maximum atomic E-state index is 12.0. The molecule has 0 saturated carbocycles. The highest BCUT2D eigenvalue weighted by molar-refractivity contribution is 9.09. The smallest absolute Gasteiger partial charge is 0.100 e. The first kappa shape index (κ1) is 6.49. The van der Waals surface area contributed by atoms with E-state index < -0.39 is 0 Å². The van der Waals surface area contributed by atoms with Gasteiger partial charge in [0.25, 0.3) is 0 Å². The molecule has 0 N–H and O–H groups in total. The molecule has 48 valence electrons. The fourth-order valence-corrected chi connectivity index (χ4v) is 1.05. The first-order chi connectivity index (χ1) is 3.83. The molecule has 3 heteroatoms. The molecule has 0 amide bonds. The van der Waals surface area contributed by atoms with Gasteiger partial charge in [-0.1, -0.05) is 15.9 Å². The number of halogens is 2. The van der Waals surface area contributed by atoms with Crippen LogP contribution in [0.15, 0.2) is 0 Å². The predicted molar refractivity (Wildman–Crippen MR) is 33.0 cm³/mol. The number of hydrogen-bond donors (Lipinski definition) is 0. The molecule has 1 aliphatic rings. The van der Waals surface area contributed by atoms with Crippen molar-refractivity contribution >= 4 is 15.9 Å². The molecule has 1 rings (SSSR count). The van der Waals surface area contributed by atoms with Gasteiger partial charge in [0.05, 0.1) is 18.6 Å². The van der Waals surface area contributed by atoms with Crippen molar-refractivity contribution in [1.29, 1.82) is 0 Å². The van der Waals surface area contributed by atoms with Crippen LogP contribution in [0.4, 0.5) is 4.39 Å². The fraction of sp³-hybridized carbons (Fsp3) is 1.00. The van der Waals surface area contributed by atoms with Crippen LogP contribution in [0.5, 0.6) is 0 Å². The molecule has 0 unspecified atom stereocenters. The van der Waals surface area contributed by atoms with Crippen LogP contribution in [0.25, 0.3) is 0 Å². The highest BCUT2D eigenvalue weighted by atomic mass is 79.9. The summed E-state index contributed by atoms with van der Waals surface area (Å²) >= 11 is 3.22. The number of rotatable bonds is 2. The first-order valence-corrected chi connectivity index (χ1v) is 3.65. The van der Waals surface area contributed by atoms with Crippen LogP contribution in [0.1, 0.15) is 0 Å². The second-order valence-electron chi connectivity index (χ2n) is 2.26. The molecule has 0 aliphatic carbocycles. The Kier molecular flexibility index (Phi) is 1.88. The zero-order valence-electron chi connectivity index (χ0n) is 4.49. The summed E-state index contributed by atoms with van der Waals surface area (Å²) in [5.41, 5.74) is -0.167. The highest BCUT2D eigenvalue weighted by Crippen LogP contribution is 2.29. The monoisotopic (exact) mass is 182 g/mol. The Morgan fingerprint density at radius 3 is 2.25 bits per heavy atom. The maximum absolute atomic E-state index is 12.0. The normalized spacial score (nSPS) is 24.8. The third kappa shape index (κ3) is 0.890. The molecule has 1 aliphatic heterocycles. The molecule has 1 fully saturated rings. The van der Waals surface area contributed by atoms with Gasteiger partial charge in [-0.05, 0) is 0 Å². The van der Waals surface area contributed by atoms with Gasteiger partial charge in [-0.15, -0.1) is 0 Å². The largest absolute Gasteiger partial charge is 0.380 e. The third-order valence-electron chi connectivity index (χ3n) is 1.38. The van der Waals surface area contributed by atoms with Crippen LogP contribution in [-0.2, 0) is 4.74 Å². The lowest BCUT2D eigenvalue weighted by atomic mass is 9.91. The lowest BCUT2D eigenvalue weighted by Crippen LogP contribution is -2.45. The topological polar surface area (TPSA) is 9.23 Å². The SMILES string of the molecule is FCC1(CBr)COC1. The van der Waals surface area contributed by atoms with Crippen molar-refractivity contribution in [3.63, 3.8) is 0 Å². The molecular weight excluding hydrogens is 175 g/mol. The van der Waals surface area contributed by atoms with E-state index >= 15 is 0 Å². The van der Waals surface area contributed by atoms with Gasteiger partial charge in [-0.3, -0.25) is 4.39 Å². The molecule has 0 spiro atoms. The Labute approximate surface area is 56.3 Å². The van der Waals surface area contributed by atoms with Crippen molar-refractivity contribution in [3.05, 3.63) is 0 Å². The number of ether oxygens (including phenoxy) is 1. The van der Waals surface area contributed by atoms with Crippen LogP contribution in [0.3, 0.4) is 0 Å². The van der Waals surface area contributed by atoms with E-state index in [9.17, 15) is 4.39 Å². The molecule has 1 heterocycles. The average Bonchev–Trinajstić information content (AvgIpc) is 1.67. The molecule has 0 radical (unpaired) electrons. The molecule has 0 aromatic heterocycles. The van der Waals surface area contributed by atoms with Crippen LogP contribution < -0.4 is 0 Å². The predicted octanol–water partition coefficient (Wildman–Crippen LogP) is 1.37. The standard InChI is InChI=1S/C5H8BrFO/c6-1-5(2-7)3-8-4-5/h1-4H2. The average molecular weight is 183 g/mol. The molecular formula is C5H8BrFO. The van der Waals surface area contributed by atoms with Crippen molar-refractivity contribution < 1.29 is 9.13 Å². The zero-order chi connectivity index (χ0) is 6.04. The van der Waals surface area contributed by atoms with Crippen molar-refractivity contribution in [1.82, 2.24) is 0 Å². The second kappa shape index (κ2) is 2.31. The van der Waals surface area contributed by atoms with Crippen LogP contribution in [0, 0.1) is 5.41 Å². The highest BCUT2D eigenvalue weighted by Gasteiger charge is 2.37. The van der Waals surface area contributed by atoms with Crippen molar-refractivity contribution in [2.24, 2.45) is 5.41 Å². The Balaban J connectivity index is 2.33. The summed E-state index contributed by atoms with van der Waals surface area (Å²) in [6.07, 6.45) is 0. The van der Waals surface area contributed by atoms with E-state index in [1.807, 2.05) is 0 Å². The molecule has 1 saturated heterocycles. The van der Waals surface area contributed by atoms with Gasteiger partial charge in [-0.25, -0.2) is 0 Å². The molecule has 8 heavy (non-hydrogen) atoms. The lowest BCUT2D eigenvalue weighted by molar-refractivity contribution is -0.107. The summed E-state index contributed by atoms with van der Waals surface area (Å²) < 4.78 is 16.8. The fourth-order valence-electron chi connectivity index (χ4n) is 0.581. The summed E-state index contributed by atoms with van der Waals surface area (Å²) in [7, 11) is 0. The summed E-state index contributed by atoms with van der Waals surface area (Å²) in [4.78, 5) is 0. The Morgan fingerprint density at radius 2 is 2.25 bits per heavy atom. The van der Waals surface area contributed by atoms with E-state index in [4.69, 9.17) is 4.74 Å². The number of alkyl halides is 2. The van der Waals surface area contributed by atoms with Crippen LogP contribution in [0.2, 0.25) is 0 Å². The van der Waals surface area contributed by atoms with Gasteiger partial charge >= 0.3 is 0 Å². The number of hydrogen-bond acceptors (Lipinski definition) is 1. The summed E-state index contributed by atoms with van der Waals surface area (Å²) in [5.74, 6) is 0. The third-order valence-corrected chi connectivity index (χ3v) is 2.57. The minimum atomic E-state index is -0.266. The first-order valence-electron chi connectivity index (χ1n) is 2.53. The van der Waals surface area contributed by atoms with Crippen molar-refractivity contribution in [2.45, 2.75) is 0 Å². The maximum Gasteiger partial charge on any atom is 0.100 e. The second-order valence-corrected chi connectivity index (χ2v) is 2.82. The molecule has 0 bridgehead atoms. The van der Waals surface area contributed by atoms with E-state index in [0.29, 0.717) is 13.2 Å². The van der Waals surface area contributed by atoms with E-state index in [1.54, 1.807) is 0 Å². The Hall–Kier alpha value is 0.370. The molecule has 1 nitrogen and oxygen atoms in total. The summed E-state index contributed by atoms with van der Waals surface area (Å²) in [5, 5.41) is 0.719. The molecule has 0 atom stereocenters. The Morgan fingerprint density at radius 1 is 1.62 bits per heavy atom. The molecule has 0 aromatic carbocycles.